The Morgan fingerprint density at radius 2 is 1.73 bits per heavy atom. The lowest BCUT2D eigenvalue weighted by Crippen LogP contribution is -2.17. The predicted molar refractivity (Wildman–Crippen MR) is 153 cm³/mol. The number of hydrogen-bond donors (Lipinski definition) is 0. The van der Waals surface area contributed by atoms with Crippen LogP contribution in [0, 0.1) is 6.92 Å². The van der Waals surface area contributed by atoms with Crippen LogP contribution in [0.4, 0.5) is 13.2 Å². The van der Waals surface area contributed by atoms with E-state index in [1.807, 2.05) is 24.3 Å². The summed E-state index contributed by atoms with van der Waals surface area (Å²) >= 11 is 5.57. The molecule has 1 aromatic heterocycles. The number of halogens is 3. The van der Waals surface area contributed by atoms with Crippen molar-refractivity contribution in [1.82, 2.24) is 14.8 Å². The molecule has 4 aromatic rings. The van der Waals surface area contributed by atoms with E-state index in [1.165, 1.54) is 52.0 Å². The third-order valence-electron chi connectivity index (χ3n) is 6.44. The molecule has 0 aliphatic rings. The summed E-state index contributed by atoms with van der Waals surface area (Å²) in [5.74, 6) is 0.687. The van der Waals surface area contributed by atoms with Crippen molar-refractivity contribution in [3.05, 3.63) is 95.3 Å². The molecule has 3 aromatic carbocycles. The van der Waals surface area contributed by atoms with Crippen LogP contribution in [-0.4, -0.2) is 31.8 Å². The van der Waals surface area contributed by atoms with Gasteiger partial charge in [-0.2, -0.15) is 0 Å². The topological polar surface area (TPSA) is 57.0 Å². The van der Waals surface area contributed by atoms with Crippen LogP contribution in [0.1, 0.15) is 54.9 Å². The zero-order valence-electron chi connectivity index (χ0n) is 22.5. The average molecular weight is 566 g/mol. The van der Waals surface area contributed by atoms with Crippen molar-refractivity contribution in [2.75, 3.05) is 0 Å². The molecule has 0 fully saturated rings. The molecule has 0 saturated carbocycles. The number of nitrogens with zero attached hydrogens (tertiary/aromatic N) is 3. The second-order valence-corrected chi connectivity index (χ2v) is 10.6. The van der Waals surface area contributed by atoms with Gasteiger partial charge in [-0.3, -0.25) is 4.79 Å². The summed E-state index contributed by atoms with van der Waals surface area (Å²) in [7, 11) is 0. The molecule has 0 atom stereocenters. The van der Waals surface area contributed by atoms with Gasteiger partial charge in [0.05, 0.1) is 5.69 Å². The van der Waals surface area contributed by atoms with Crippen LogP contribution in [0.25, 0.3) is 17.1 Å². The zero-order chi connectivity index (χ0) is 28.9. The molecule has 1 heterocycles. The highest BCUT2D eigenvalue weighted by Gasteiger charge is 2.31. The lowest BCUT2D eigenvalue weighted by molar-refractivity contribution is -0.274. The van der Waals surface area contributed by atoms with Gasteiger partial charge in [-0.25, -0.2) is 9.67 Å². The van der Waals surface area contributed by atoms with Gasteiger partial charge in [-0.1, -0.05) is 74.1 Å². The molecule has 0 aliphatic carbocycles. The number of hydrogen-bond acceptors (Lipinski definition) is 5. The Morgan fingerprint density at radius 3 is 2.38 bits per heavy atom. The third kappa shape index (κ3) is 8.08. The SMILES string of the molecule is Cc1ccc(CC(=S)CC(=O)CCc2ccc(-c3ncn(-c4ccc(OC(F)(F)F)cc4)n3)cc2)c(C(C)C)c1. The first-order valence-electron chi connectivity index (χ1n) is 13.0. The molecule has 9 heteroatoms. The number of carbonyl (C=O) groups excluding carboxylic acids is 1. The van der Waals surface area contributed by atoms with Gasteiger partial charge < -0.3 is 4.74 Å². The van der Waals surface area contributed by atoms with Crippen molar-refractivity contribution in [3.63, 3.8) is 0 Å². The van der Waals surface area contributed by atoms with Gasteiger partial charge in [0.15, 0.2) is 5.82 Å². The van der Waals surface area contributed by atoms with Crippen LogP contribution in [-0.2, 0) is 17.6 Å². The molecule has 0 spiro atoms. The molecular formula is C31H30F3N3O2S. The number of Topliss-reactive ketones (excluding diaryl/α,β-unsaturated/α-hetero) is 1. The fourth-order valence-electron chi connectivity index (χ4n) is 4.42. The highest BCUT2D eigenvalue weighted by atomic mass is 32.1. The second kappa shape index (κ2) is 12.6. The highest BCUT2D eigenvalue weighted by Crippen LogP contribution is 2.25. The van der Waals surface area contributed by atoms with Gasteiger partial charge in [-0.05, 0) is 60.2 Å². The van der Waals surface area contributed by atoms with Gasteiger partial charge in [0, 0.05) is 29.7 Å². The quantitative estimate of drug-likeness (QED) is 0.174. The van der Waals surface area contributed by atoms with E-state index in [2.05, 4.69) is 53.8 Å². The van der Waals surface area contributed by atoms with Crippen LogP contribution in [0.3, 0.4) is 0 Å². The van der Waals surface area contributed by atoms with Crippen molar-refractivity contribution >= 4 is 22.9 Å². The average Bonchev–Trinajstić information content (AvgIpc) is 3.38. The molecule has 0 aliphatic heterocycles. The van der Waals surface area contributed by atoms with Gasteiger partial charge in [-0.15, -0.1) is 18.3 Å². The molecule has 0 saturated heterocycles. The van der Waals surface area contributed by atoms with E-state index >= 15 is 0 Å². The first kappa shape index (κ1) is 29.1. The number of ketones is 1. The Labute approximate surface area is 237 Å². The predicted octanol–water partition coefficient (Wildman–Crippen LogP) is 7.77. The summed E-state index contributed by atoms with van der Waals surface area (Å²) in [6.45, 7) is 6.41. The van der Waals surface area contributed by atoms with Crippen molar-refractivity contribution in [3.8, 4) is 22.8 Å². The molecule has 0 N–H and O–H groups in total. The molecule has 4 rings (SSSR count). The summed E-state index contributed by atoms with van der Waals surface area (Å²) < 4.78 is 42.5. The van der Waals surface area contributed by atoms with Crippen LogP contribution in [0.5, 0.6) is 5.75 Å². The minimum absolute atomic E-state index is 0.124. The Kier molecular flexibility index (Phi) is 9.14. The summed E-state index contributed by atoms with van der Waals surface area (Å²) in [5, 5.41) is 4.42. The number of aromatic nitrogens is 3. The Morgan fingerprint density at radius 1 is 1.02 bits per heavy atom. The number of benzene rings is 3. The highest BCUT2D eigenvalue weighted by molar-refractivity contribution is 7.80. The molecule has 0 bridgehead atoms. The Hall–Kier alpha value is -3.85. The first-order chi connectivity index (χ1) is 19.0. The van der Waals surface area contributed by atoms with Crippen molar-refractivity contribution in [2.24, 2.45) is 0 Å². The lowest BCUT2D eigenvalue weighted by atomic mass is 9.92. The van der Waals surface area contributed by atoms with E-state index in [4.69, 9.17) is 12.2 Å². The molecule has 40 heavy (non-hydrogen) atoms. The summed E-state index contributed by atoms with van der Waals surface area (Å²) in [5.41, 5.74) is 6.04. The summed E-state index contributed by atoms with van der Waals surface area (Å²) in [6.07, 6.45) is -1.31. The standard InChI is InChI=1S/C31H30F3N3O2S/c1-20(2)29-16-21(3)4-8-24(29)17-28(40)18-26(38)13-7-22-5-9-23(10-6-22)30-35-19-37(36-30)25-11-14-27(15-12-25)39-31(32,33)34/h4-6,8-12,14-16,19-20H,7,13,17-18H2,1-3H3. The molecular weight excluding hydrogens is 535 g/mol. The Balaban J connectivity index is 1.29. The fraction of sp³-hybridized carbons (Fsp3) is 0.290. The minimum Gasteiger partial charge on any atom is -0.406 e. The lowest BCUT2D eigenvalue weighted by Gasteiger charge is -2.14. The number of ether oxygens (including phenoxy) is 1. The molecule has 5 nitrogen and oxygen atoms in total. The summed E-state index contributed by atoms with van der Waals surface area (Å²) in [4.78, 5) is 17.7. The van der Waals surface area contributed by atoms with Gasteiger partial charge in [0.25, 0.3) is 0 Å². The maximum absolute atomic E-state index is 12.6. The van der Waals surface area contributed by atoms with E-state index in [-0.39, 0.29) is 11.5 Å². The van der Waals surface area contributed by atoms with Crippen molar-refractivity contribution in [1.29, 1.82) is 0 Å². The molecule has 0 radical (unpaired) electrons. The maximum Gasteiger partial charge on any atom is 0.573 e. The first-order valence-corrected chi connectivity index (χ1v) is 13.4. The van der Waals surface area contributed by atoms with Crippen LogP contribution >= 0.6 is 12.2 Å². The van der Waals surface area contributed by atoms with Crippen LogP contribution in [0.2, 0.25) is 0 Å². The van der Waals surface area contributed by atoms with Crippen LogP contribution < -0.4 is 4.74 Å². The van der Waals surface area contributed by atoms with E-state index in [1.54, 1.807) is 0 Å². The normalized spacial score (nSPS) is 11.6. The maximum atomic E-state index is 12.6. The fourth-order valence-corrected chi connectivity index (χ4v) is 4.74. The van der Waals surface area contributed by atoms with Crippen molar-refractivity contribution in [2.45, 2.75) is 58.7 Å². The van der Waals surface area contributed by atoms with E-state index < -0.39 is 6.36 Å². The van der Waals surface area contributed by atoms with Gasteiger partial charge in [0.2, 0.25) is 0 Å². The Bertz CT molecular complexity index is 1480. The number of alkyl halides is 3. The van der Waals surface area contributed by atoms with E-state index in [0.29, 0.717) is 43.1 Å². The van der Waals surface area contributed by atoms with Gasteiger partial charge in [0.1, 0.15) is 17.9 Å². The van der Waals surface area contributed by atoms with Crippen molar-refractivity contribution < 1.29 is 22.7 Å². The van der Waals surface area contributed by atoms with Crippen LogP contribution in [0.15, 0.2) is 73.1 Å². The summed E-state index contributed by atoms with van der Waals surface area (Å²) in [6, 6.07) is 19.4. The van der Waals surface area contributed by atoms with E-state index in [9.17, 15) is 18.0 Å². The smallest absolute Gasteiger partial charge is 0.406 e. The third-order valence-corrected chi connectivity index (χ3v) is 6.73. The van der Waals surface area contributed by atoms with Gasteiger partial charge >= 0.3 is 6.36 Å². The number of aryl methyl sites for hydroxylation is 2. The molecule has 208 valence electrons. The second-order valence-electron chi connectivity index (χ2n) is 10.0. The minimum atomic E-state index is -4.74. The van der Waals surface area contributed by atoms with E-state index in [0.717, 1.165) is 16.0 Å². The molecule has 0 unspecified atom stereocenters. The number of thiocarbonyl (C=S) groups is 1. The monoisotopic (exact) mass is 565 g/mol. The largest absolute Gasteiger partial charge is 0.573 e. The number of carbonyl (C=O) groups is 1. The zero-order valence-corrected chi connectivity index (χ0v) is 23.4. The molecule has 0 amide bonds. The number of rotatable bonds is 11.